The van der Waals surface area contributed by atoms with Gasteiger partial charge in [0.15, 0.2) is 0 Å². The fourth-order valence-corrected chi connectivity index (χ4v) is 2.05. The molecule has 0 aliphatic carbocycles. The highest BCUT2D eigenvalue weighted by Crippen LogP contribution is 2.15. The average Bonchev–Trinajstić information content (AvgIpc) is 2.74. The fourth-order valence-electron chi connectivity index (χ4n) is 1.88. The van der Waals surface area contributed by atoms with Gasteiger partial charge in [0, 0.05) is 23.2 Å². The third kappa shape index (κ3) is 2.54. The number of nitrogens with one attached hydrogen (secondary N) is 2. The third-order valence-electron chi connectivity index (χ3n) is 2.84. The van der Waals surface area contributed by atoms with Crippen molar-refractivity contribution in [3.63, 3.8) is 0 Å². The summed E-state index contributed by atoms with van der Waals surface area (Å²) in [7, 11) is 0. The molecule has 1 aromatic rings. The molecule has 0 spiro atoms. The van der Waals surface area contributed by atoms with Crippen molar-refractivity contribution < 1.29 is 4.79 Å². The molecule has 1 unspecified atom stereocenters. The molecule has 0 aromatic heterocycles. The Morgan fingerprint density at radius 1 is 1.56 bits per heavy atom. The predicted molar refractivity (Wildman–Crippen MR) is 64.9 cm³/mol. The minimum Gasteiger partial charge on any atom is -0.348 e. The molecule has 1 amide bonds. The van der Waals surface area contributed by atoms with Crippen molar-refractivity contribution in [1.82, 2.24) is 10.6 Å². The van der Waals surface area contributed by atoms with Crippen molar-refractivity contribution in [1.29, 1.82) is 0 Å². The lowest BCUT2D eigenvalue weighted by atomic mass is 10.1. The topological polar surface area (TPSA) is 41.1 Å². The highest BCUT2D eigenvalue weighted by Gasteiger charge is 2.18. The van der Waals surface area contributed by atoms with Crippen molar-refractivity contribution in [2.45, 2.75) is 19.4 Å². The Kier molecular flexibility index (Phi) is 3.46. The standard InChI is InChI=1S/C12H15ClN2O/c1-8-2-3-9(13)6-11(8)12(16)15-10-4-5-14-7-10/h2-3,6,10,14H,4-5,7H2,1H3,(H,15,16). The van der Waals surface area contributed by atoms with Crippen molar-refractivity contribution in [2.24, 2.45) is 0 Å². The lowest BCUT2D eigenvalue weighted by molar-refractivity contribution is 0.0939. The number of carbonyl (C=O) groups excluding carboxylic acids is 1. The van der Waals surface area contributed by atoms with Gasteiger partial charge in [0.25, 0.3) is 5.91 Å². The largest absolute Gasteiger partial charge is 0.348 e. The van der Waals surface area contributed by atoms with Gasteiger partial charge < -0.3 is 10.6 Å². The minimum absolute atomic E-state index is 0.0336. The van der Waals surface area contributed by atoms with Gasteiger partial charge in [-0.25, -0.2) is 0 Å². The van der Waals surface area contributed by atoms with E-state index in [4.69, 9.17) is 11.6 Å². The maximum absolute atomic E-state index is 12.0. The second kappa shape index (κ2) is 4.85. The molecular formula is C12H15ClN2O. The van der Waals surface area contributed by atoms with Crippen molar-refractivity contribution >= 4 is 17.5 Å². The number of carbonyl (C=O) groups is 1. The molecule has 2 rings (SSSR count). The molecule has 4 heteroatoms. The van der Waals surface area contributed by atoms with Crippen LogP contribution >= 0.6 is 11.6 Å². The lowest BCUT2D eigenvalue weighted by Crippen LogP contribution is -2.36. The van der Waals surface area contributed by atoms with Crippen LogP contribution in [0, 0.1) is 6.92 Å². The van der Waals surface area contributed by atoms with E-state index in [0.717, 1.165) is 25.1 Å². The Morgan fingerprint density at radius 3 is 3.06 bits per heavy atom. The van der Waals surface area contributed by atoms with Crippen molar-refractivity contribution in [2.75, 3.05) is 13.1 Å². The molecule has 1 heterocycles. The molecule has 86 valence electrons. The number of hydrogen-bond donors (Lipinski definition) is 2. The average molecular weight is 239 g/mol. The molecule has 1 aliphatic rings. The van der Waals surface area contributed by atoms with E-state index in [-0.39, 0.29) is 11.9 Å². The van der Waals surface area contributed by atoms with Gasteiger partial charge in [0.05, 0.1) is 0 Å². The van der Waals surface area contributed by atoms with Crippen LogP contribution in [0.3, 0.4) is 0 Å². The maximum atomic E-state index is 12.0. The molecule has 1 fully saturated rings. The lowest BCUT2D eigenvalue weighted by Gasteiger charge is -2.12. The zero-order valence-corrected chi connectivity index (χ0v) is 9.97. The first-order chi connectivity index (χ1) is 7.66. The molecule has 0 bridgehead atoms. The first-order valence-corrected chi connectivity index (χ1v) is 5.82. The van der Waals surface area contributed by atoms with Gasteiger partial charge in [0.1, 0.15) is 0 Å². The molecule has 1 aliphatic heterocycles. The molecule has 0 radical (unpaired) electrons. The summed E-state index contributed by atoms with van der Waals surface area (Å²) in [5.41, 5.74) is 1.62. The molecule has 1 atom stereocenters. The van der Waals surface area contributed by atoms with E-state index in [9.17, 15) is 4.79 Å². The van der Waals surface area contributed by atoms with Crippen LogP contribution in [0.2, 0.25) is 5.02 Å². The number of amides is 1. The summed E-state index contributed by atoms with van der Waals surface area (Å²) >= 11 is 5.89. The van der Waals surface area contributed by atoms with E-state index in [1.54, 1.807) is 12.1 Å². The van der Waals surface area contributed by atoms with Gasteiger partial charge in [0.2, 0.25) is 0 Å². The maximum Gasteiger partial charge on any atom is 0.251 e. The molecule has 1 saturated heterocycles. The van der Waals surface area contributed by atoms with Crippen molar-refractivity contribution in [3.8, 4) is 0 Å². The Balaban J connectivity index is 2.10. The fraction of sp³-hybridized carbons (Fsp3) is 0.417. The van der Waals surface area contributed by atoms with Crippen LogP contribution in [-0.4, -0.2) is 25.0 Å². The first kappa shape index (κ1) is 11.4. The molecule has 1 aromatic carbocycles. The molecular weight excluding hydrogens is 224 g/mol. The van der Waals surface area contributed by atoms with Crippen LogP contribution in [0.15, 0.2) is 18.2 Å². The van der Waals surface area contributed by atoms with Crippen molar-refractivity contribution in [3.05, 3.63) is 34.3 Å². The normalized spacial score (nSPS) is 19.8. The van der Waals surface area contributed by atoms with Gasteiger partial charge in [-0.15, -0.1) is 0 Å². The van der Waals surface area contributed by atoms with Crippen LogP contribution in [0.25, 0.3) is 0 Å². The van der Waals surface area contributed by atoms with Gasteiger partial charge >= 0.3 is 0 Å². The number of benzene rings is 1. The molecule has 0 saturated carbocycles. The van der Waals surface area contributed by atoms with Crippen LogP contribution in [0.4, 0.5) is 0 Å². The van der Waals surface area contributed by atoms with Gasteiger partial charge in [-0.3, -0.25) is 4.79 Å². The summed E-state index contributed by atoms with van der Waals surface area (Å²) in [5.74, 6) is -0.0336. The number of halogens is 1. The quantitative estimate of drug-likeness (QED) is 0.824. The SMILES string of the molecule is Cc1ccc(Cl)cc1C(=O)NC1CCNC1. The first-order valence-electron chi connectivity index (χ1n) is 5.44. The summed E-state index contributed by atoms with van der Waals surface area (Å²) in [6.07, 6.45) is 0.991. The van der Waals surface area contributed by atoms with E-state index in [1.807, 2.05) is 13.0 Å². The number of rotatable bonds is 2. The molecule has 16 heavy (non-hydrogen) atoms. The Morgan fingerprint density at radius 2 is 2.38 bits per heavy atom. The predicted octanol–water partition coefficient (Wildman–Crippen LogP) is 1.74. The number of hydrogen-bond acceptors (Lipinski definition) is 2. The summed E-state index contributed by atoms with van der Waals surface area (Å²) in [4.78, 5) is 12.0. The Labute approximate surface area is 100 Å². The van der Waals surface area contributed by atoms with E-state index >= 15 is 0 Å². The smallest absolute Gasteiger partial charge is 0.251 e. The van der Waals surface area contributed by atoms with Crippen LogP contribution in [-0.2, 0) is 0 Å². The van der Waals surface area contributed by atoms with E-state index < -0.39 is 0 Å². The second-order valence-corrected chi connectivity index (χ2v) is 4.56. The van der Waals surface area contributed by atoms with E-state index in [0.29, 0.717) is 10.6 Å². The van der Waals surface area contributed by atoms with Gasteiger partial charge in [-0.2, -0.15) is 0 Å². The highest BCUT2D eigenvalue weighted by molar-refractivity contribution is 6.31. The van der Waals surface area contributed by atoms with E-state index in [2.05, 4.69) is 10.6 Å². The monoisotopic (exact) mass is 238 g/mol. The summed E-state index contributed by atoms with van der Waals surface area (Å²) in [6.45, 7) is 3.74. The number of aryl methyl sites for hydroxylation is 1. The summed E-state index contributed by atoms with van der Waals surface area (Å²) in [6, 6.07) is 5.62. The highest BCUT2D eigenvalue weighted by atomic mass is 35.5. The van der Waals surface area contributed by atoms with Crippen LogP contribution < -0.4 is 10.6 Å². The second-order valence-electron chi connectivity index (χ2n) is 4.12. The molecule has 3 nitrogen and oxygen atoms in total. The summed E-state index contributed by atoms with van der Waals surface area (Å²) in [5, 5.41) is 6.81. The minimum atomic E-state index is -0.0336. The third-order valence-corrected chi connectivity index (χ3v) is 3.07. The Bertz CT molecular complexity index is 400. The van der Waals surface area contributed by atoms with Crippen LogP contribution in [0.5, 0.6) is 0 Å². The van der Waals surface area contributed by atoms with E-state index in [1.165, 1.54) is 0 Å². The Hall–Kier alpha value is -1.06. The van der Waals surface area contributed by atoms with Crippen LogP contribution in [0.1, 0.15) is 22.3 Å². The molecule has 2 N–H and O–H groups in total. The summed E-state index contributed by atoms with van der Waals surface area (Å²) < 4.78 is 0. The van der Waals surface area contributed by atoms with Gasteiger partial charge in [-0.1, -0.05) is 17.7 Å². The zero-order chi connectivity index (χ0) is 11.5. The van der Waals surface area contributed by atoms with Gasteiger partial charge in [-0.05, 0) is 37.6 Å². The zero-order valence-electron chi connectivity index (χ0n) is 9.22.